The molecule has 0 aromatic rings. The molecule has 1 N–H and O–H groups in total. The third-order valence-corrected chi connectivity index (χ3v) is 3.12. The summed E-state index contributed by atoms with van der Waals surface area (Å²) in [5.41, 5.74) is 0. The molecule has 4 heteroatoms. The number of hydrogen-bond acceptors (Lipinski definition) is 3. The van der Waals surface area contributed by atoms with E-state index < -0.39 is 0 Å². The van der Waals surface area contributed by atoms with Crippen molar-refractivity contribution in [1.82, 2.24) is 15.1 Å². The molecule has 0 radical (unpaired) electrons. The van der Waals surface area contributed by atoms with Gasteiger partial charge in [-0.05, 0) is 27.4 Å². The van der Waals surface area contributed by atoms with E-state index in [4.69, 9.17) is 0 Å². The lowest BCUT2D eigenvalue weighted by atomic mass is 10.2. The molecule has 4 nitrogen and oxygen atoms in total. The maximum atomic E-state index is 12.0. The Morgan fingerprint density at radius 3 is 2.71 bits per heavy atom. The lowest BCUT2D eigenvalue weighted by molar-refractivity contribution is -0.135. The van der Waals surface area contributed by atoms with Gasteiger partial charge in [-0.1, -0.05) is 0 Å². The molecule has 1 heterocycles. The molecule has 0 aliphatic carbocycles. The monoisotopic (exact) mass is 199 g/mol. The first-order chi connectivity index (χ1) is 6.57. The maximum absolute atomic E-state index is 12.0. The minimum Gasteiger partial charge on any atom is -0.342 e. The van der Waals surface area contributed by atoms with Gasteiger partial charge in [0.15, 0.2) is 0 Å². The quantitative estimate of drug-likeness (QED) is 0.666. The summed E-state index contributed by atoms with van der Waals surface area (Å²) in [5.74, 6) is 0.229. The number of rotatable bonds is 2. The Morgan fingerprint density at radius 1 is 1.50 bits per heavy atom. The summed E-state index contributed by atoms with van der Waals surface area (Å²) in [5, 5.41) is 3.07. The fourth-order valence-corrected chi connectivity index (χ4v) is 1.82. The Morgan fingerprint density at radius 2 is 2.14 bits per heavy atom. The number of carbonyl (C=O) groups is 1. The van der Waals surface area contributed by atoms with Crippen molar-refractivity contribution in [3.63, 3.8) is 0 Å². The van der Waals surface area contributed by atoms with Crippen LogP contribution < -0.4 is 5.32 Å². The SMILES string of the molecule is CNCC1C(=O)N(C)C(C)CCN1C. The zero-order valence-corrected chi connectivity index (χ0v) is 9.58. The Labute approximate surface area is 86.2 Å². The second-order valence-electron chi connectivity index (χ2n) is 4.14. The minimum atomic E-state index is -0.00468. The van der Waals surface area contributed by atoms with Gasteiger partial charge in [0, 0.05) is 26.2 Å². The number of nitrogens with zero attached hydrogens (tertiary/aromatic N) is 2. The fourth-order valence-electron chi connectivity index (χ4n) is 1.82. The molecule has 1 aliphatic heterocycles. The second-order valence-corrected chi connectivity index (χ2v) is 4.14. The van der Waals surface area contributed by atoms with E-state index in [2.05, 4.69) is 17.1 Å². The van der Waals surface area contributed by atoms with E-state index in [1.807, 2.05) is 26.0 Å². The van der Waals surface area contributed by atoms with Gasteiger partial charge in [0.25, 0.3) is 0 Å². The zero-order chi connectivity index (χ0) is 10.7. The first kappa shape index (κ1) is 11.5. The van der Waals surface area contributed by atoms with Crippen LogP contribution in [0.2, 0.25) is 0 Å². The number of hydrogen-bond donors (Lipinski definition) is 1. The minimum absolute atomic E-state index is 0.00468. The topological polar surface area (TPSA) is 35.6 Å². The van der Waals surface area contributed by atoms with Crippen molar-refractivity contribution >= 4 is 5.91 Å². The molecular formula is C10H21N3O. The van der Waals surface area contributed by atoms with Crippen LogP contribution in [-0.4, -0.2) is 62.0 Å². The Balaban J connectivity index is 2.75. The number of nitrogens with one attached hydrogen (secondary N) is 1. The highest BCUT2D eigenvalue weighted by molar-refractivity contribution is 5.82. The van der Waals surface area contributed by atoms with E-state index in [0.717, 1.165) is 19.5 Å². The van der Waals surface area contributed by atoms with E-state index in [9.17, 15) is 4.79 Å². The van der Waals surface area contributed by atoms with Gasteiger partial charge in [0.05, 0.1) is 0 Å². The molecule has 1 amide bonds. The van der Waals surface area contributed by atoms with Gasteiger partial charge in [-0.15, -0.1) is 0 Å². The van der Waals surface area contributed by atoms with Crippen LogP contribution >= 0.6 is 0 Å². The summed E-state index contributed by atoms with van der Waals surface area (Å²) < 4.78 is 0. The Kier molecular flexibility index (Phi) is 3.89. The van der Waals surface area contributed by atoms with Crippen molar-refractivity contribution in [2.75, 3.05) is 34.2 Å². The summed E-state index contributed by atoms with van der Waals surface area (Å²) in [7, 11) is 5.80. The molecule has 0 saturated carbocycles. The largest absolute Gasteiger partial charge is 0.342 e. The van der Waals surface area contributed by atoms with Crippen LogP contribution in [0.5, 0.6) is 0 Å². The van der Waals surface area contributed by atoms with E-state index >= 15 is 0 Å². The average molecular weight is 199 g/mol. The summed E-state index contributed by atoms with van der Waals surface area (Å²) >= 11 is 0. The third kappa shape index (κ3) is 2.25. The zero-order valence-electron chi connectivity index (χ0n) is 9.58. The van der Waals surface area contributed by atoms with Crippen LogP contribution in [0.3, 0.4) is 0 Å². The summed E-state index contributed by atoms with van der Waals surface area (Å²) in [6, 6.07) is 0.349. The molecule has 1 fully saturated rings. The molecule has 2 atom stereocenters. The molecule has 0 aromatic carbocycles. The predicted molar refractivity (Wildman–Crippen MR) is 57.2 cm³/mol. The van der Waals surface area contributed by atoms with Gasteiger partial charge in [-0.3, -0.25) is 9.69 Å². The van der Waals surface area contributed by atoms with Gasteiger partial charge in [0.2, 0.25) is 5.91 Å². The smallest absolute Gasteiger partial charge is 0.241 e. The summed E-state index contributed by atoms with van der Waals surface area (Å²) in [4.78, 5) is 16.0. The van der Waals surface area contributed by atoms with E-state index in [1.165, 1.54) is 0 Å². The Bertz CT molecular complexity index is 208. The lowest BCUT2D eigenvalue weighted by Crippen LogP contribution is -2.49. The highest BCUT2D eigenvalue weighted by atomic mass is 16.2. The van der Waals surface area contributed by atoms with Gasteiger partial charge >= 0.3 is 0 Å². The van der Waals surface area contributed by atoms with E-state index in [0.29, 0.717) is 6.04 Å². The van der Waals surface area contributed by atoms with Crippen LogP contribution in [0.15, 0.2) is 0 Å². The number of amides is 1. The average Bonchev–Trinajstić information content (AvgIpc) is 2.25. The third-order valence-electron chi connectivity index (χ3n) is 3.12. The molecule has 0 spiro atoms. The van der Waals surface area contributed by atoms with Crippen LogP contribution in [0, 0.1) is 0 Å². The normalized spacial score (nSPS) is 30.6. The van der Waals surface area contributed by atoms with Gasteiger partial charge in [-0.2, -0.15) is 0 Å². The molecule has 82 valence electrons. The van der Waals surface area contributed by atoms with Crippen molar-refractivity contribution in [3.05, 3.63) is 0 Å². The van der Waals surface area contributed by atoms with Crippen molar-refractivity contribution < 1.29 is 4.79 Å². The molecule has 0 aromatic heterocycles. The molecule has 14 heavy (non-hydrogen) atoms. The first-order valence-electron chi connectivity index (χ1n) is 5.19. The van der Waals surface area contributed by atoms with E-state index in [-0.39, 0.29) is 11.9 Å². The summed E-state index contributed by atoms with van der Waals surface area (Å²) in [6.45, 7) is 3.82. The Hall–Kier alpha value is -0.610. The lowest BCUT2D eigenvalue weighted by Gasteiger charge is -2.27. The molecular weight excluding hydrogens is 178 g/mol. The van der Waals surface area contributed by atoms with Crippen molar-refractivity contribution in [2.24, 2.45) is 0 Å². The number of likely N-dealkylation sites (N-methyl/N-ethyl adjacent to an activating group) is 3. The van der Waals surface area contributed by atoms with Crippen LogP contribution in [0.1, 0.15) is 13.3 Å². The van der Waals surface area contributed by atoms with Crippen LogP contribution in [0.25, 0.3) is 0 Å². The molecule has 2 unspecified atom stereocenters. The maximum Gasteiger partial charge on any atom is 0.241 e. The van der Waals surface area contributed by atoms with Gasteiger partial charge in [-0.25, -0.2) is 0 Å². The number of carbonyl (C=O) groups excluding carboxylic acids is 1. The molecule has 1 saturated heterocycles. The second kappa shape index (κ2) is 4.75. The predicted octanol–water partition coefficient (Wildman–Crippen LogP) is -0.243. The van der Waals surface area contributed by atoms with Crippen molar-refractivity contribution in [2.45, 2.75) is 25.4 Å². The fraction of sp³-hybridized carbons (Fsp3) is 0.900. The highest BCUT2D eigenvalue weighted by Crippen LogP contribution is 2.13. The highest BCUT2D eigenvalue weighted by Gasteiger charge is 2.31. The van der Waals surface area contributed by atoms with Gasteiger partial charge < -0.3 is 10.2 Å². The van der Waals surface area contributed by atoms with Crippen LogP contribution in [-0.2, 0) is 4.79 Å². The summed E-state index contributed by atoms with van der Waals surface area (Å²) in [6.07, 6.45) is 1.05. The van der Waals surface area contributed by atoms with Crippen molar-refractivity contribution in [1.29, 1.82) is 0 Å². The molecule has 1 rings (SSSR count). The van der Waals surface area contributed by atoms with E-state index in [1.54, 1.807) is 0 Å². The molecule has 1 aliphatic rings. The van der Waals surface area contributed by atoms with Crippen molar-refractivity contribution in [3.8, 4) is 0 Å². The van der Waals surface area contributed by atoms with Gasteiger partial charge in [0.1, 0.15) is 6.04 Å². The standard InChI is InChI=1S/C10H21N3O/c1-8-5-6-12(3)9(7-11-2)10(14)13(8)4/h8-9,11H,5-7H2,1-4H3. The first-order valence-corrected chi connectivity index (χ1v) is 5.19. The van der Waals surface area contributed by atoms with Crippen LogP contribution in [0.4, 0.5) is 0 Å². The molecule has 0 bridgehead atoms.